The van der Waals surface area contributed by atoms with Gasteiger partial charge in [0, 0.05) is 10.5 Å². The fourth-order valence-corrected chi connectivity index (χ4v) is 3.77. The Hall–Kier alpha value is -0.410. The molecule has 112 valence electrons. The van der Waals surface area contributed by atoms with Crippen LogP contribution >= 0.6 is 15.9 Å². The lowest BCUT2D eigenvalue weighted by atomic mass is 9.85. The highest BCUT2D eigenvalue weighted by Crippen LogP contribution is 2.33. The molecule has 1 atom stereocenters. The third-order valence-corrected chi connectivity index (χ3v) is 4.73. The summed E-state index contributed by atoms with van der Waals surface area (Å²) in [6, 6.07) is 5.78. The van der Waals surface area contributed by atoms with Gasteiger partial charge in [-0.15, -0.1) is 0 Å². The molecule has 3 heteroatoms. The first-order valence-corrected chi connectivity index (χ1v) is 8.52. The number of benzene rings is 1. The Balaban J connectivity index is 2.05. The predicted molar refractivity (Wildman–Crippen MR) is 86.4 cm³/mol. The van der Waals surface area contributed by atoms with Crippen LogP contribution < -0.4 is 5.32 Å². The molecule has 0 bridgehead atoms. The highest BCUT2D eigenvalue weighted by atomic mass is 79.9. The van der Waals surface area contributed by atoms with Crippen molar-refractivity contribution < 1.29 is 4.39 Å². The molecule has 0 spiro atoms. The zero-order valence-electron chi connectivity index (χ0n) is 12.5. The number of rotatable bonds is 6. The predicted octanol–water partition coefficient (Wildman–Crippen LogP) is 4.94. The quantitative estimate of drug-likeness (QED) is 0.772. The first-order chi connectivity index (χ1) is 9.54. The summed E-state index contributed by atoms with van der Waals surface area (Å²) in [5.74, 6) is 1.27. The molecule has 20 heavy (non-hydrogen) atoms. The zero-order chi connectivity index (χ0) is 14.5. The van der Waals surface area contributed by atoms with Gasteiger partial charge in [-0.25, -0.2) is 4.39 Å². The van der Waals surface area contributed by atoms with Crippen molar-refractivity contribution >= 4 is 15.9 Å². The average molecular weight is 342 g/mol. The summed E-state index contributed by atoms with van der Waals surface area (Å²) < 4.78 is 14.4. The Kier molecular flexibility index (Phi) is 6.03. The van der Waals surface area contributed by atoms with E-state index in [2.05, 4.69) is 41.2 Å². The maximum Gasteiger partial charge on any atom is 0.124 e. The molecule has 0 aliphatic heterocycles. The number of halogens is 2. The molecule has 1 unspecified atom stereocenters. The van der Waals surface area contributed by atoms with Crippen LogP contribution in [0, 0.1) is 17.7 Å². The van der Waals surface area contributed by atoms with Crippen molar-refractivity contribution in [3.8, 4) is 0 Å². The van der Waals surface area contributed by atoms with E-state index < -0.39 is 0 Å². The lowest BCUT2D eigenvalue weighted by Gasteiger charge is -2.25. The van der Waals surface area contributed by atoms with Crippen molar-refractivity contribution in [3.63, 3.8) is 0 Å². The van der Waals surface area contributed by atoms with E-state index in [0.717, 1.165) is 28.9 Å². The third kappa shape index (κ3) is 4.85. The van der Waals surface area contributed by atoms with Crippen LogP contribution in [-0.4, -0.2) is 12.6 Å². The molecule has 1 aromatic carbocycles. The molecule has 0 amide bonds. The molecule has 1 aliphatic carbocycles. The highest BCUT2D eigenvalue weighted by Gasteiger charge is 2.25. The van der Waals surface area contributed by atoms with Gasteiger partial charge in [0.25, 0.3) is 0 Å². The van der Waals surface area contributed by atoms with E-state index in [0.29, 0.717) is 12.0 Å². The number of hydrogen-bond donors (Lipinski definition) is 1. The first kappa shape index (κ1) is 16.0. The molecule has 1 nitrogen and oxygen atoms in total. The molecule has 1 fully saturated rings. The van der Waals surface area contributed by atoms with Gasteiger partial charge in [0.05, 0.1) is 0 Å². The highest BCUT2D eigenvalue weighted by molar-refractivity contribution is 9.10. The standard InChI is InChI=1S/C17H25BrFN/c1-12(2)20-11-15(14-5-3-4-6-14)7-13-8-16(18)10-17(19)9-13/h8-10,12,14-15,20H,3-7,11H2,1-2H3. The summed E-state index contributed by atoms with van der Waals surface area (Å²) in [5.41, 5.74) is 1.11. The summed E-state index contributed by atoms with van der Waals surface area (Å²) in [4.78, 5) is 0. The van der Waals surface area contributed by atoms with Gasteiger partial charge in [0.1, 0.15) is 5.82 Å². The number of nitrogens with one attached hydrogen (secondary N) is 1. The van der Waals surface area contributed by atoms with Crippen LogP contribution in [0.5, 0.6) is 0 Å². The van der Waals surface area contributed by atoms with E-state index in [9.17, 15) is 4.39 Å². The van der Waals surface area contributed by atoms with Gasteiger partial charge < -0.3 is 5.32 Å². The SMILES string of the molecule is CC(C)NCC(Cc1cc(F)cc(Br)c1)C1CCCC1. The van der Waals surface area contributed by atoms with Crippen molar-refractivity contribution in [1.82, 2.24) is 5.32 Å². The van der Waals surface area contributed by atoms with Gasteiger partial charge in [-0.3, -0.25) is 0 Å². The van der Waals surface area contributed by atoms with Crippen LogP contribution in [0.25, 0.3) is 0 Å². The topological polar surface area (TPSA) is 12.0 Å². The van der Waals surface area contributed by atoms with Gasteiger partial charge in [0.15, 0.2) is 0 Å². The molecule has 0 aromatic heterocycles. The lowest BCUT2D eigenvalue weighted by molar-refractivity contribution is 0.312. The van der Waals surface area contributed by atoms with E-state index in [1.54, 1.807) is 6.07 Å². The molecule has 1 aliphatic rings. The van der Waals surface area contributed by atoms with Gasteiger partial charge in [-0.05, 0) is 48.6 Å². The van der Waals surface area contributed by atoms with Crippen LogP contribution in [0.15, 0.2) is 22.7 Å². The maximum absolute atomic E-state index is 13.5. The van der Waals surface area contributed by atoms with E-state index in [4.69, 9.17) is 0 Å². The Bertz CT molecular complexity index is 407. The fraction of sp³-hybridized carbons (Fsp3) is 0.647. The minimum Gasteiger partial charge on any atom is -0.314 e. The van der Waals surface area contributed by atoms with Gasteiger partial charge >= 0.3 is 0 Å². The van der Waals surface area contributed by atoms with Crippen molar-refractivity contribution in [2.45, 2.75) is 52.0 Å². The Morgan fingerprint density at radius 3 is 2.55 bits per heavy atom. The molecule has 0 saturated heterocycles. The zero-order valence-corrected chi connectivity index (χ0v) is 14.0. The Morgan fingerprint density at radius 2 is 1.95 bits per heavy atom. The second-order valence-corrected chi connectivity index (χ2v) is 7.27. The van der Waals surface area contributed by atoms with Crippen molar-refractivity contribution in [3.05, 3.63) is 34.1 Å². The minimum absolute atomic E-state index is 0.142. The summed E-state index contributed by atoms with van der Waals surface area (Å²) in [6.45, 7) is 5.41. The van der Waals surface area contributed by atoms with Crippen molar-refractivity contribution in [2.24, 2.45) is 11.8 Å². The van der Waals surface area contributed by atoms with Crippen LogP contribution in [0.4, 0.5) is 4.39 Å². The summed E-state index contributed by atoms with van der Waals surface area (Å²) in [6.07, 6.45) is 6.36. The van der Waals surface area contributed by atoms with Crippen LogP contribution in [0.1, 0.15) is 45.1 Å². The monoisotopic (exact) mass is 341 g/mol. The first-order valence-electron chi connectivity index (χ1n) is 7.73. The van der Waals surface area contributed by atoms with E-state index in [1.807, 2.05) is 0 Å². The van der Waals surface area contributed by atoms with Gasteiger partial charge in [-0.1, -0.05) is 55.5 Å². The normalized spacial score (nSPS) is 17.9. The minimum atomic E-state index is -0.142. The van der Waals surface area contributed by atoms with Crippen molar-refractivity contribution in [1.29, 1.82) is 0 Å². The molecule has 2 rings (SSSR count). The average Bonchev–Trinajstić information content (AvgIpc) is 2.86. The second kappa shape index (κ2) is 7.56. The van der Waals surface area contributed by atoms with Crippen LogP contribution in [0.3, 0.4) is 0 Å². The maximum atomic E-state index is 13.5. The summed E-state index contributed by atoms with van der Waals surface area (Å²) >= 11 is 3.39. The third-order valence-electron chi connectivity index (χ3n) is 4.28. The smallest absolute Gasteiger partial charge is 0.124 e. The summed E-state index contributed by atoms with van der Waals surface area (Å²) in [5, 5.41) is 3.57. The largest absolute Gasteiger partial charge is 0.314 e. The fourth-order valence-electron chi connectivity index (χ4n) is 3.25. The molecule has 0 heterocycles. The molecular weight excluding hydrogens is 317 g/mol. The molecule has 0 radical (unpaired) electrons. The molecular formula is C17H25BrFN. The summed E-state index contributed by atoms with van der Waals surface area (Å²) in [7, 11) is 0. The van der Waals surface area contributed by atoms with E-state index in [1.165, 1.54) is 31.7 Å². The molecule has 1 aromatic rings. The molecule has 1 saturated carbocycles. The van der Waals surface area contributed by atoms with Crippen LogP contribution in [-0.2, 0) is 6.42 Å². The molecule has 1 N–H and O–H groups in total. The second-order valence-electron chi connectivity index (χ2n) is 6.35. The van der Waals surface area contributed by atoms with Gasteiger partial charge in [0.2, 0.25) is 0 Å². The van der Waals surface area contributed by atoms with E-state index >= 15 is 0 Å². The number of hydrogen-bond acceptors (Lipinski definition) is 1. The Labute approximate surface area is 130 Å². The van der Waals surface area contributed by atoms with E-state index in [-0.39, 0.29) is 5.82 Å². The van der Waals surface area contributed by atoms with Gasteiger partial charge in [-0.2, -0.15) is 0 Å². The lowest BCUT2D eigenvalue weighted by Crippen LogP contribution is -2.33. The Morgan fingerprint density at radius 1 is 1.25 bits per heavy atom. The van der Waals surface area contributed by atoms with Crippen LogP contribution in [0.2, 0.25) is 0 Å². The van der Waals surface area contributed by atoms with Crippen molar-refractivity contribution in [2.75, 3.05) is 6.54 Å².